The highest BCUT2D eigenvalue weighted by Crippen LogP contribution is 2.18. The molecule has 0 aliphatic carbocycles. The van der Waals surface area contributed by atoms with Gasteiger partial charge in [0.1, 0.15) is 0 Å². The van der Waals surface area contributed by atoms with Crippen molar-refractivity contribution in [2.24, 2.45) is 0 Å². The van der Waals surface area contributed by atoms with Gasteiger partial charge in [-0.25, -0.2) is 4.79 Å². The molecule has 0 fully saturated rings. The Labute approximate surface area is 147 Å². The molecule has 2 aromatic rings. The third-order valence-corrected chi connectivity index (χ3v) is 4.31. The first kappa shape index (κ1) is 17.0. The standard InChI is InChI=1S/C21H21NO3/c1-16-6-8-17(9-7-16)10-11-21(24)25-15-20(23)22-13-12-18-4-2-3-5-19(18)14-22/h2-11H,12-15H2,1H3/b11-10+. The van der Waals surface area contributed by atoms with Crippen molar-refractivity contribution in [3.05, 3.63) is 76.9 Å². The Morgan fingerprint density at radius 1 is 1.08 bits per heavy atom. The minimum atomic E-state index is -0.508. The fourth-order valence-corrected chi connectivity index (χ4v) is 2.82. The van der Waals surface area contributed by atoms with Crippen LogP contribution in [0.2, 0.25) is 0 Å². The van der Waals surface area contributed by atoms with Gasteiger partial charge < -0.3 is 9.64 Å². The second-order valence-electron chi connectivity index (χ2n) is 6.19. The molecular formula is C21H21NO3. The van der Waals surface area contributed by atoms with Crippen LogP contribution in [0.4, 0.5) is 0 Å². The van der Waals surface area contributed by atoms with Gasteiger partial charge in [0.2, 0.25) is 0 Å². The highest BCUT2D eigenvalue weighted by molar-refractivity contribution is 5.89. The third kappa shape index (κ3) is 4.57. The van der Waals surface area contributed by atoms with E-state index in [2.05, 4.69) is 6.07 Å². The van der Waals surface area contributed by atoms with E-state index < -0.39 is 5.97 Å². The van der Waals surface area contributed by atoms with Gasteiger partial charge in [0.15, 0.2) is 6.61 Å². The molecule has 4 heteroatoms. The van der Waals surface area contributed by atoms with E-state index in [-0.39, 0.29) is 12.5 Å². The maximum atomic E-state index is 12.2. The first-order chi connectivity index (χ1) is 12.1. The van der Waals surface area contributed by atoms with Crippen molar-refractivity contribution in [3.8, 4) is 0 Å². The molecule has 128 valence electrons. The number of aryl methyl sites for hydroxylation is 1. The Morgan fingerprint density at radius 3 is 2.56 bits per heavy atom. The summed E-state index contributed by atoms with van der Waals surface area (Å²) < 4.78 is 5.07. The second kappa shape index (κ2) is 7.79. The average molecular weight is 335 g/mol. The molecule has 3 rings (SSSR count). The lowest BCUT2D eigenvalue weighted by molar-refractivity contribution is -0.148. The van der Waals surface area contributed by atoms with E-state index >= 15 is 0 Å². The van der Waals surface area contributed by atoms with E-state index in [1.807, 2.05) is 49.4 Å². The first-order valence-corrected chi connectivity index (χ1v) is 8.38. The van der Waals surface area contributed by atoms with Crippen LogP contribution in [0, 0.1) is 6.92 Å². The minimum absolute atomic E-state index is 0.161. The van der Waals surface area contributed by atoms with E-state index in [9.17, 15) is 9.59 Å². The van der Waals surface area contributed by atoms with Gasteiger partial charge in [-0.2, -0.15) is 0 Å². The molecule has 0 saturated carbocycles. The maximum absolute atomic E-state index is 12.2. The summed E-state index contributed by atoms with van der Waals surface area (Å²) in [6, 6.07) is 15.9. The van der Waals surface area contributed by atoms with Gasteiger partial charge in [-0.3, -0.25) is 4.79 Å². The van der Waals surface area contributed by atoms with Crippen LogP contribution in [-0.2, 0) is 27.3 Å². The van der Waals surface area contributed by atoms with Crippen molar-refractivity contribution >= 4 is 18.0 Å². The van der Waals surface area contributed by atoms with Gasteiger partial charge in [-0.1, -0.05) is 54.1 Å². The lowest BCUT2D eigenvalue weighted by Crippen LogP contribution is -2.38. The van der Waals surface area contributed by atoms with Crippen LogP contribution in [0.1, 0.15) is 22.3 Å². The van der Waals surface area contributed by atoms with Crippen molar-refractivity contribution in [2.75, 3.05) is 13.2 Å². The summed E-state index contributed by atoms with van der Waals surface area (Å²) in [5, 5.41) is 0. The largest absolute Gasteiger partial charge is 0.452 e. The fourth-order valence-electron chi connectivity index (χ4n) is 2.82. The van der Waals surface area contributed by atoms with E-state index in [4.69, 9.17) is 4.74 Å². The summed E-state index contributed by atoms with van der Waals surface area (Å²) in [6.45, 7) is 3.02. The van der Waals surface area contributed by atoms with Gasteiger partial charge in [0.05, 0.1) is 0 Å². The number of carbonyl (C=O) groups is 2. The van der Waals surface area contributed by atoms with Gasteiger partial charge in [-0.15, -0.1) is 0 Å². The van der Waals surface area contributed by atoms with Gasteiger partial charge >= 0.3 is 5.97 Å². The Morgan fingerprint density at radius 2 is 1.80 bits per heavy atom. The molecule has 4 nitrogen and oxygen atoms in total. The lowest BCUT2D eigenvalue weighted by atomic mass is 10.00. The summed E-state index contributed by atoms with van der Waals surface area (Å²) in [4.78, 5) is 25.8. The monoisotopic (exact) mass is 335 g/mol. The van der Waals surface area contributed by atoms with Gasteiger partial charge in [0, 0.05) is 19.2 Å². The van der Waals surface area contributed by atoms with Crippen LogP contribution >= 0.6 is 0 Å². The highest BCUT2D eigenvalue weighted by Gasteiger charge is 2.20. The topological polar surface area (TPSA) is 46.6 Å². The van der Waals surface area contributed by atoms with Crippen LogP contribution in [0.25, 0.3) is 6.08 Å². The zero-order chi connectivity index (χ0) is 17.6. The summed E-state index contributed by atoms with van der Waals surface area (Å²) in [7, 11) is 0. The van der Waals surface area contributed by atoms with Crippen LogP contribution in [0.15, 0.2) is 54.6 Å². The molecule has 0 atom stereocenters. The van der Waals surface area contributed by atoms with Crippen LogP contribution < -0.4 is 0 Å². The predicted molar refractivity (Wildman–Crippen MR) is 96.7 cm³/mol. The van der Waals surface area contributed by atoms with Crippen molar-refractivity contribution in [3.63, 3.8) is 0 Å². The molecule has 0 unspecified atom stereocenters. The Bertz CT molecular complexity index is 793. The quantitative estimate of drug-likeness (QED) is 0.637. The van der Waals surface area contributed by atoms with Crippen LogP contribution in [0.5, 0.6) is 0 Å². The molecule has 0 aromatic heterocycles. The van der Waals surface area contributed by atoms with Crippen molar-refractivity contribution < 1.29 is 14.3 Å². The Hall–Kier alpha value is -2.88. The number of hydrogen-bond acceptors (Lipinski definition) is 3. The third-order valence-electron chi connectivity index (χ3n) is 4.31. The van der Waals surface area contributed by atoms with Gasteiger partial charge in [0.25, 0.3) is 5.91 Å². The SMILES string of the molecule is Cc1ccc(/C=C/C(=O)OCC(=O)N2CCc3ccccc3C2)cc1. The van der Waals surface area contributed by atoms with Crippen LogP contribution in [0.3, 0.4) is 0 Å². The Balaban J connectivity index is 1.49. The summed E-state index contributed by atoms with van der Waals surface area (Å²) in [5.41, 5.74) is 4.52. The molecule has 0 spiro atoms. The number of benzene rings is 2. The maximum Gasteiger partial charge on any atom is 0.331 e. The zero-order valence-corrected chi connectivity index (χ0v) is 14.3. The fraction of sp³-hybridized carbons (Fsp3) is 0.238. The minimum Gasteiger partial charge on any atom is -0.452 e. The number of carbonyl (C=O) groups excluding carboxylic acids is 2. The number of esters is 1. The predicted octanol–water partition coefficient (Wildman–Crippen LogP) is 3.14. The van der Waals surface area contributed by atoms with Crippen molar-refractivity contribution in [2.45, 2.75) is 19.9 Å². The molecule has 2 aromatic carbocycles. The average Bonchev–Trinajstić information content (AvgIpc) is 2.65. The summed E-state index contributed by atoms with van der Waals surface area (Å²) in [6.07, 6.45) is 3.87. The van der Waals surface area contributed by atoms with E-state index in [0.29, 0.717) is 13.1 Å². The summed E-state index contributed by atoms with van der Waals surface area (Å²) >= 11 is 0. The molecule has 0 bridgehead atoms. The zero-order valence-electron chi connectivity index (χ0n) is 14.3. The molecule has 1 heterocycles. The molecule has 0 radical (unpaired) electrons. The molecule has 1 aliphatic rings. The number of hydrogen-bond donors (Lipinski definition) is 0. The number of fused-ring (bicyclic) bond motifs is 1. The number of ether oxygens (including phenoxy) is 1. The molecule has 1 amide bonds. The van der Waals surface area contributed by atoms with Crippen molar-refractivity contribution in [1.82, 2.24) is 4.90 Å². The van der Waals surface area contributed by atoms with Gasteiger partial charge in [-0.05, 0) is 36.1 Å². The molecule has 1 aliphatic heterocycles. The van der Waals surface area contributed by atoms with E-state index in [1.165, 1.54) is 11.6 Å². The normalized spacial score (nSPS) is 13.6. The van der Waals surface area contributed by atoms with E-state index in [1.54, 1.807) is 11.0 Å². The Kier molecular flexibility index (Phi) is 5.29. The molecule has 0 saturated heterocycles. The highest BCUT2D eigenvalue weighted by atomic mass is 16.5. The summed E-state index contributed by atoms with van der Waals surface area (Å²) in [5.74, 6) is -0.669. The number of rotatable bonds is 4. The van der Waals surface area contributed by atoms with E-state index in [0.717, 1.165) is 23.1 Å². The molecule has 25 heavy (non-hydrogen) atoms. The second-order valence-corrected chi connectivity index (χ2v) is 6.19. The molecular weight excluding hydrogens is 314 g/mol. The molecule has 0 N–H and O–H groups in total. The van der Waals surface area contributed by atoms with Crippen LogP contribution in [-0.4, -0.2) is 29.9 Å². The first-order valence-electron chi connectivity index (χ1n) is 8.38. The smallest absolute Gasteiger partial charge is 0.331 e. The lowest BCUT2D eigenvalue weighted by Gasteiger charge is -2.28. The number of nitrogens with zero attached hydrogens (tertiary/aromatic N) is 1. The van der Waals surface area contributed by atoms with Crippen molar-refractivity contribution in [1.29, 1.82) is 0 Å². The number of amides is 1.